The number of hydrogen-bond donors (Lipinski definition) is 1. The van der Waals surface area contributed by atoms with Crippen molar-refractivity contribution >= 4 is 22.5 Å². The van der Waals surface area contributed by atoms with Crippen LogP contribution in [0.5, 0.6) is 0 Å². The van der Waals surface area contributed by atoms with Gasteiger partial charge >= 0.3 is 5.69 Å². The second-order valence-electron chi connectivity index (χ2n) is 6.46. The molecule has 138 valence electrons. The van der Waals surface area contributed by atoms with Crippen LogP contribution >= 0.6 is 0 Å². The van der Waals surface area contributed by atoms with Gasteiger partial charge in [-0.05, 0) is 24.1 Å². The molecule has 0 saturated heterocycles. The van der Waals surface area contributed by atoms with Crippen molar-refractivity contribution in [2.75, 3.05) is 11.9 Å². The lowest BCUT2D eigenvalue weighted by atomic mass is 10.2. The van der Waals surface area contributed by atoms with Crippen LogP contribution in [0.2, 0.25) is 0 Å². The zero-order valence-electron chi connectivity index (χ0n) is 15.0. The Morgan fingerprint density at radius 1 is 1.15 bits per heavy atom. The number of nitrogens with zero attached hydrogens (tertiary/aromatic N) is 4. The molecule has 0 saturated carbocycles. The molecule has 0 fully saturated rings. The van der Waals surface area contributed by atoms with Crippen molar-refractivity contribution in [1.29, 1.82) is 0 Å². The molecule has 0 aliphatic heterocycles. The minimum Gasteiger partial charge on any atom is -0.367 e. The van der Waals surface area contributed by atoms with Gasteiger partial charge in [0, 0.05) is 12.6 Å². The third-order valence-electron chi connectivity index (χ3n) is 4.46. The Labute approximate surface area is 155 Å². The van der Waals surface area contributed by atoms with Crippen LogP contribution in [0.25, 0.3) is 16.7 Å². The van der Waals surface area contributed by atoms with Gasteiger partial charge in [-0.3, -0.25) is 0 Å². The van der Waals surface area contributed by atoms with Gasteiger partial charge in [0.2, 0.25) is 5.65 Å². The topological polar surface area (TPSA) is 64.2 Å². The maximum Gasteiger partial charge on any atom is 0.351 e. The molecule has 7 heteroatoms. The number of anilines is 1. The van der Waals surface area contributed by atoms with Crippen LogP contribution in [0, 0.1) is 5.82 Å². The lowest BCUT2D eigenvalue weighted by molar-refractivity contribution is 0.628. The van der Waals surface area contributed by atoms with Gasteiger partial charge in [0.25, 0.3) is 0 Å². The van der Waals surface area contributed by atoms with E-state index >= 15 is 0 Å². The summed E-state index contributed by atoms with van der Waals surface area (Å²) in [5.74, 6) is 0.117. The summed E-state index contributed by atoms with van der Waals surface area (Å²) >= 11 is 0. The molecule has 6 nitrogen and oxygen atoms in total. The Hall–Kier alpha value is -3.22. The van der Waals surface area contributed by atoms with Crippen molar-refractivity contribution in [3.63, 3.8) is 0 Å². The molecule has 27 heavy (non-hydrogen) atoms. The Morgan fingerprint density at radius 2 is 1.96 bits per heavy atom. The summed E-state index contributed by atoms with van der Waals surface area (Å²) in [6.07, 6.45) is 2.02. The van der Waals surface area contributed by atoms with Crippen LogP contribution < -0.4 is 11.0 Å². The highest BCUT2D eigenvalue weighted by atomic mass is 19.1. The number of hydrogen-bond acceptors (Lipinski definition) is 4. The van der Waals surface area contributed by atoms with Crippen molar-refractivity contribution in [2.24, 2.45) is 0 Å². The lowest BCUT2D eigenvalue weighted by Gasteiger charge is -2.08. The Morgan fingerprint density at radius 3 is 2.74 bits per heavy atom. The molecular formula is C20H20FN5O. The average molecular weight is 365 g/mol. The van der Waals surface area contributed by atoms with Crippen LogP contribution in [0.1, 0.15) is 25.3 Å². The maximum absolute atomic E-state index is 13.8. The number of unbranched alkanes of at least 4 members (excludes halogenated alkanes) is 1. The number of nitrogens with one attached hydrogen (secondary N) is 1. The van der Waals surface area contributed by atoms with E-state index in [2.05, 4.69) is 22.3 Å². The van der Waals surface area contributed by atoms with E-state index in [1.807, 2.05) is 30.3 Å². The molecule has 0 aliphatic carbocycles. The minimum absolute atomic E-state index is 0.314. The van der Waals surface area contributed by atoms with Crippen LogP contribution in [0.15, 0.2) is 53.3 Å². The second kappa shape index (κ2) is 7.19. The predicted octanol–water partition coefficient (Wildman–Crippen LogP) is 3.44. The number of rotatable bonds is 6. The summed E-state index contributed by atoms with van der Waals surface area (Å²) in [6, 6.07) is 13.9. The second-order valence-corrected chi connectivity index (χ2v) is 6.46. The highest BCUT2D eigenvalue weighted by molar-refractivity contribution is 5.82. The normalized spacial score (nSPS) is 11.3. The lowest BCUT2D eigenvalue weighted by Crippen LogP contribution is -2.22. The summed E-state index contributed by atoms with van der Waals surface area (Å²) in [5.41, 5.74) is 2.02. The van der Waals surface area contributed by atoms with E-state index < -0.39 is 5.82 Å². The van der Waals surface area contributed by atoms with E-state index in [0.29, 0.717) is 29.0 Å². The number of aromatic nitrogens is 4. The summed E-state index contributed by atoms with van der Waals surface area (Å²) in [5, 5.41) is 7.75. The van der Waals surface area contributed by atoms with E-state index in [1.54, 1.807) is 6.07 Å². The van der Waals surface area contributed by atoms with Gasteiger partial charge in [0.05, 0.1) is 17.6 Å². The predicted molar refractivity (Wildman–Crippen MR) is 104 cm³/mol. The summed E-state index contributed by atoms with van der Waals surface area (Å²) < 4.78 is 16.6. The molecule has 4 aromatic rings. The molecule has 2 aromatic heterocycles. The van der Waals surface area contributed by atoms with Gasteiger partial charge in [0.1, 0.15) is 5.82 Å². The number of halogens is 1. The first-order valence-electron chi connectivity index (χ1n) is 9.04. The zero-order chi connectivity index (χ0) is 18.8. The zero-order valence-corrected chi connectivity index (χ0v) is 15.0. The van der Waals surface area contributed by atoms with Crippen molar-refractivity contribution in [3.05, 3.63) is 70.4 Å². The molecule has 0 atom stereocenters. The smallest absolute Gasteiger partial charge is 0.351 e. The molecule has 0 aliphatic rings. The van der Waals surface area contributed by atoms with Gasteiger partial charge in [-0.25, -0.2) is 23.3 Å². The fourth-order valence-electron chi connectivity index (χ4n) is 3.08. The van der Waals surface area contributed by atoms with E-state index in [9.17, 15) is 9.18 Å². The van der Waals surface area contributed by atoms with E-state index in [1.165, 1.54) is 21.2 Å². The van der Waals surface area contributed by atoms with Gasteiger partial charge in [-0.1, -0.05) is 43.7 Å². The molecule has 2 heterocycles. The molecule has 0 unspecified atom stereocenters. The maximum atomic E-state index is 13.8. The van der Waals surface area contributed by atoms with Crippen LogP contribution in [0.4, 0.5) is 10.2 Å². The van der Waals surface area contributed by atoms with Gasteiger partial charge in [-0.2, -0.15) is 0 Å². The average Bonchev–Trinajstić information content (AvgIpc) is 3.00. The summed E-state index contributed by atoms with van der Waals surface area (Å²) in [7, 11) is 0. The first-order valence-corrected chi connectivity index (χ1v) is 9.04. The fourth-order valence-corrected chi connectivity index (χ4v) is 3.08. The molecule has 0 bridgehead atoms. The summed E-state index contributed by atoms with van der Waals surface area (Å²) in [6.45, 7) is 3.17. The van der Waals surface area contributed by atoms with Crippen LogP contribution in [-0.2, 0) is 6.54 Å². The summed E-state index contributed by atoms with van der Waals surface area (Å²) in [4.78, 5) is 17.6. The minimum atomic E-state index is -0.417. The van der Waals surface area contributed by atoms with E-state index in [4.69, 9.17) is 0 Å². The molecule has 4 rings (SSSR count). The Bertz CT molecular complexity index is 1150. The van der Waals surface area contributed by atoms with Crippen molar-refractivity contribution in [3.8, 4) is 0 Å². The van der Waals surface area contributed by atoms with Crippen LogP contribution in [0.3, 0.4) is 0 Å². The fraction of sp³-hybridized carbons (Fsp3) is 0.250. The van der Waals surface area contributed by atoms with Gasteiger partial charge < -0.3 is 5.32 Å². The molecule has 0 radical (unpaired) electrons. The third kappa shape index (κ3) is 3.28. The van der Waals surface area contributed by atoms with E-state index in [0.717, 1.165) is 24.9 Å². The monoisotopic (exact) mass is 365 g/mol. The molecular weight excluding hydrogens is 345 g/mol. The number of benzene rings is 2. The highest BCUT2D eigenvalue weighted by Crippen LogP contribution is 2.20. The van der Waals surface area contributed by atoms with Crippen molar-refractivity contribution in [2.45, 2.75) is 26.3 Å². The van der Waals surface area contributed by atoms with Gasteiger partial charge in [-0.15, -0.1) is 5.10 Å². The van der Waals surface area contributed by atoms with Crippen LogP contribution in [-0.4, -0.2) is 25.7 Å². The molecule has 2 aromatic carbocycles. The number of fused-ring (bicyclic) bond motifs is 3. The quantitative estimate of drug-likeness (QED) is 0.532. The Kier molecular flexibility index (Phi) is 4.58. The molecule has 0 spiro atoms. The standard InChI is InChI=1S/C20H20FN5O/c1-2-3-11-22-18-19-24-25(13-14-7-5-4-6-8-14)20(27)26(19)17-12-15(21)9-10-16(17)23-18/h4-10,12H,2-3,11,13H2,1H3,(H,22,23). The first-order chi connectivity index (χ1) is 13.2. The van der Waals surface area contributed by atoms with E-state index in [-0.39, 0.29) is 5.69 Å². The largest absolute Gasteiger partial charge is 0.367 e. The SMILES string of the molecule is CCCCNc1nc2ccc(F)cc2n2c(=O)n(Cc3ccccc3)nc12. The Balaban J connectivity index is 1.90. The highest BCUT2D eigenvalue weighted by Gasteiger charge is 2.16. The molecule has 0 amide bonds. The van der Waals surface area contributed by atoms with Crippen molar-refractivity contribution < 1.29 is 4.39 Å². The molecule has 1 N–H and O–H groups in total. The first kappa shape index (κ1) is 17.2. The van der Waals surface area contributed by atoms with Gasteiger partial charge in [0.15, 0.2) is 5.82 Å². The van der Waals surface area contributed by atoms with Crippen molar-refractivity contribution in [1.82, 2.24) is 19.2 Å². The third-order valence-corrected chi connectivity index (χ3v) is 4.46.